The average Bonchev–Trinajstić information content (AvgIpc) is 1.37. The van der Waals surface area contributed by atoms with E-state index in [0.717, 1.165) is 0 Å². The number of aldehydes is 1. The Morgan fingerprint density at radius 3 is 1.67 bits per heavy atom. The number of hydrogen-bond acceptors (Lipinski definition) is 2. The zero-order valence-corrected chi connectivity index (χ0v) is 4.59. The summed E-state index contributed by atoms with van der Waals surface area (Å²) in [4.78, 5) is 8.92. The number of aliphatic hydroxyl groups excluding tert-OH is 1. The molecule has 6 heavy (non-hydrogen) atoms. The largest absolute Gasteiger partial charge is 0.389 e. The molecule has 0 aromatic rings. The molecule has 0 saturated carbocycles. The maximum absolute atomic E-state index is 8.92. The molecular formula is C2H6Cl2O2. The van der Waals surface area contributed by atoms with E-state index in [1.165, 1.54) is 0 Å². The van der Waals surface area contributed by atoms with Gasteiger partial charge in [-0.2, -0.15) is 0 Å². The predicted molar refractivity (Wildman–Crippen MR) is 27.6 cm³/mol. The summed E-state index contributed by atoms with van der Waals surface area (Å²) in [7, 11) is 0. The molecule has 0 heterocycles. The van der Waals surface area contributed by atoms with Crippen molar-refractivity contribution in [1.29, 1.82) is 0 Å². The molecule has 0 rings (SSSR count). The van der Waals surface area contributed by atoms with Crippen LogP contribution in [0.2, 0.25) is 0 Å². The highest BCUT2D eigenvalue weighted by atomic mass is 35.5. The first-order valence-corrected chi connectivity index (χ1v) is 0.960. The number of rotatable bonds is 1. The normalized spacial score (nSPS) is 4.17. The molecule has 0 aliphatic carbocycles. The van der Waals surface area contributed by atoms with Crippen LogP contribution < -0.4 is 0 Å². The number of carbonyl (C=O) groups is 1. The lowest BCUT2D eigenvalue weighted by Gasteiger charge is -1.54. The first kappa shape index (κ1) is 16.4. The number of halogens is 2. The second-order valence-corrected chi connectivity index (χ2v) is 0.349. The third kappa shape index (κ3) is 29.6. The Labute approximate surface area is 48.4 Å². The summed E-state index contributed by atoms with van der Waals surface area (Å²) in [5.41, 5.74) is 0. The lowest BCUT2D eigenvalue weighted by molar-refractivity contribution is -0.110. The van der Waals surface area contributed by atoms with Gasteiger partial charge in [-0.1, -0.05) is 0 Å². The van der Waals surface area contributed by atoms with Crippen molar-refractivity contribution in [3.63, 3.8) is 0 Å². The van der Waals surface area contributed by atoms with Gasteiger partial charge in [0, 0.05) is 0 Å². The molecule has 0 amide bonds. The molecule has 4 heteroatoms. The van der Waals surface area contributed by atoms with Gasteiger partial charge in [0.05, 0.1) is 6.61 Å². The van der Waals surface area contributed by atoms with Crippen LogP contribution >= 0.6 is 24.8 Å². The monoisotopic (exact) mass is 132 g/mol. The Bertz CT molecular complexity index is 23.5. The summed E-state index contributed by atoms with van der Waals surface area (Å²) in [6.07, 6.45) is 0.431. The third-order valence-electron chi connectivity index (χ3n) is 0.0745. The standard InChI is InChI=1S/C2H4O2.2ClH/c3-1-2-4;;/h1,4H,2H2;2*1H. The summed E-state index contributed by atoms with van der Waals surface area (Å²) < 4.78 is 0. The van der Waals surface area contributed by atoms with Crippen molar-refractivity contribution in [2.75, 3.05) is 6.61 Å². The average molecular weight is 133 g/mol. The van der Waals surface area contributed by atoms with Crippen molar-refractivity contribution in [1.82, 2.24) is 0 Å². The van der Waals surface area contributed by atoms with Gasteiger partial charge in [0.2, 0.25) is 0 Å². The van der Waals surface area contributed by atoms with Gasteiger partial charge in [-0.25, -0.2) is 0 Å². The van der Waals surface area contributed by atoms with Crippen molar-refractivity contribution >= 4 is 31.1 Å². The maximum Gasteiger partial charge on any atom is 0.145 e. The molecular weight excluding hydrogens is 127 g/mol. The summed E-state index contributed by atoms with van der Waals surface area (Å²) in [5, 5.41) is 7.51. The van der Waals surface area contributed by atoms with Gasteiger partial charge in [0.25, 0.3) is 0 Å². The molecule has 0 aromatic heterocycles. The lowest BCUT2D eigenvalue weighted by Crippen LogP contribution is -1.75. The van der Waals surface area contributed by atoms with Crippen molar-refractivity contribution in [3.05, 3.63) is 0 Å². The number of aliphatic hydroxyl groups is 1. The summed E-state index contributed by atoms with van der Waals surface area (Å²) in [6.45, 7) is -0.361. The van der Waals surface area contributed by atoms with Crippen LogP contribution in [0.5, 0.6) is 0 Å². The third-order valence-corrected chi connectivity index (χ3v) is 0.0745. The molecule has 1 N–H and O–H groups in total. The Hall–Kier alpha value is 0.210. The van der Waals surface area contributed by atoms with Gasteiger partial charge >= 0.3 is 0 Å². The molecule has 0 spiro atoms. The zero-order chi connectivity index (χ0) is 3.41. The van der Waals surface area contributed by atoms with Gasteiger partial charge in [-0.05, 0) is 0 Å². The van der Waals surface area contributed by atoms with Crippen molar-refractivity contribution in [2.24, 2.45) is 0 Å². The van der Waals surface area contributed by atoms with Crippen LogP contribution in [-0.4, -0.2) is 18.0 Å². The number of hydrogen-bond donors (Lipinski definition) is 1. The molecule has 0 fully saturated rings. The fourth-order valence-corrected chi connectivity index (χ4v) is 0. The molecule has 0 aliphatic rings. The van der Waals surface area contributed by atoms with Crippen molar-refractivity contribution < 1.29 is 9.90 Å². The minimum absolute atomic E-state index is 0. The SMILES string of the molecule is Cl.Cl.O=CCO. The van der Waals surface area contributed by atoms with Crippen LogP contribution in [0, 0.1) is 0 Å². The first-order chi connectivity index (χ1) is 1.91. The topological polar surface area (TPSA) is 37.3 Å². The van der Waals surface area contributed by atoms with E-state index in [-0.39, 0.29) is 31.4 Å². The van der Waals surface area contributed by atoms with E-state index in [1.54, 1.807) is 0 Å². The predicted octanol–water partition coefficient (Wildman–Crippen LogP) is 0.0212. The molecule has 0 aliphatic heterocycles. The van der Waals surface area contributed by atoms with E-state index in [1.807, 2.05) is 0 Å². The minimum atomic E-state index is -0.361. The Morgan fingerprint density at radius 2 is 1.67 bits per heavy atom. The minimum Gasteiger partial charge on any atom is -0.389 e. The molecule has 2 nitrogen and oxygen atoms in total. The van der Waals surface area contributed by atoms with Gasteiger partial charge in [0.1, 0.15) is 6.29 Å². The summed E-state index contributed by atoms with van der Waals surface area (Å²) in [6, 6.07) is 0. The Kier molecular flexibility index (Phi) is 51.5. The number of carbonyl (C=O) groups excluding carboxylic acids is 1. The van der Waals surface area contributed by atoms with Crippen molar-refractivity contribution in [3.8, 4) is 0 Å². The van der Waals surface area contributed by atoms with Gasteiger partial charge in [-0.3, -0.25) is 0 Å². The van der Waals surface area contributed by atoms with Crippen LogP contribution in [0.3, 0.4) is 0 Å². The molecule has 0 aromatic carbocycles. The molecule has 0 unspecified atom stereocenters. The molecule has 0 radical (unpaired) electrons. The van der Waals surface area contributed by atoms with E-state index in [2.05, 4.69) is 0 Å². The van der Waals surface area contributed by atoms with Crippen LogP contribution in [-0.2, 0) is 4.79 Å². The molecule has 0 atom stereocenters. The molecule has 40 valence electrons. The van der Waals surface area contributed by atoms with E-state index in [4.69, 9.17) is 9.90 Å². The van der Waals surface area contributed by atoms with Gasteiger partial charge in [-0.15, -0.1) is 24.8 Å². The van der Waals surface area contributed by atoms with Gasteiger partial charge in [0.15, 0.2) is 0 Å². The second-order valence-electron chi connectivity index (χ2n) is 0.349. The van der Waals surface area contributed by atoms with E-state index in [0.29, 0.717) is 6.29 Å². The fraction of sp³-hybridized carbons (Fsp3) is 0.500. The van der Waals surface area contributed by atoms with E-state index in [9.17, 15) is 0 Å². The summed E-state index contributed by atoms with van der Waals surface area (Å²) >= 11 is 0. The van der Waals surface area contributed by atoms with Crippen LogP contribution in [0.4, 0.5) is 0 Å². The smallest absolute Gasteiger partial charge is 0.145 e. The van der Waals surface area contributed by atoms with E-state index >= 15 is 0 Å². The highest BCUT2D eigenvalue weighted by Crippen LogP contribution is 1.27. The highest BCUT2D eigenvalue weighted by molar-refractivity contribution is 5.85. The Balaban J connectivity index is -0.0000000450. The Morgan fingerprint density at radius 1 is 1.50 bits per heavy atom. The lowest BCUT2D eigenvalue weighted by atomic mass is 10.9. The van der Waals surface area contributed by atoms with Gasteiger partial charge < -0.3 is 9.90 Å². The quantitative estimate of drug-likeness (QED) is 0.512. The first-order valence-electron chi connectivity index (χ1n) is 0.960. The fourth-order valence-electron chi connectivity index (χ4n) is 0. The second kappa shape index (κ2) is 18.9. The van der Waals surface area contributed by atoms with Crippen LogP contribution in [0.25, 0.3) is 0 Å². The summed E-state index contributed by atoms with van der Waals surface area (Å²) in [5.74, 6) is 0. The van der Waals surface area contributed by atoms with Crippen LogP contribution in [0.1, 0.15) is 0 Å². The highest BCUT2D eigenvalue weighted by Gasteiger charge is 1.53. The molecule has 0 saturated heterocycles. The van der Waals surface area contributed by atoms with Crippen molar-refractivity contribution in [2.45, 2.75) is 0 Å². The zero-order valence-electron chi connectivity index (χ0n) is 2.96. The van der Waals surface area contributed by atoms with E-state index < -0.39 is 0 Å². The molecule has 0 bridgehead atoms. The van der Waals surface area contributed by atoms with Crippen LogP contribution in [0.15, 0.2) is 0 Å². The maximum atomic E-state index is 8.92.